The summed E-state index contributed by atoms with van der Waals surface area (Å²) in [4.78, 5) is 45.3. The van der Waals surface area contributed by atoms with Gasteiger partial charge in [0, 0.05) is 18.6 Å². The average Bonchev–Trinajstić information content (AvgIpc) is 2.48. The lowest BCUT2D eigenvalue weighted by molar-refractivity contribution is -0.171. The predicted molar refractivity (Wildman–Crippen MR) is 45.1 cm³/mol. The summed E-state index contributed by atoms with van der Waals surface area (Å²) >= 11 is 0. The van der Waals surface area contributed by atoms with Crippen molar-refractivity contribution in [3.8, 4) is 0 Å². The van der Waals surface area contributed by atoms with Crippen LogP contribution >= 0.6 is 0 Å². The summed E-state index contributed by atoms with van der Waals surface area (Å²) in [7, 11) is 0. The highest BCUT2D eigenvalue weighted by Gasteiger charge is 2.40. The third-order valence-electron chi connectivity index (χ3n) is 2.26. The summed E-state index contributed by atoms with van der Waals surface area (Å²) in [5.41, 5.74) is 0. The molecule has 78 valence electrons. The summed E-state index contributed by atoms with van der Waals surface area (Å²) in [6, 6.07) is -0.960. The van der Waals surface area contributed by atoms with Gasteiger partial charge < -0.3 is 4.74 Å². The molecule has 0 saturated carbocycles. The molecule has 0 aromatic rings. The smallest absolute Gasteiger partial charge is 0.337 e. The first kappa shape index (κ1) is 9.57. The van der Waals surface area contributed by atoms with Crippen LogP contribution in [0.5, 0.6) is 0 Å². The summed E-state index contributed by atoms with van der Waals surface area (Å²) < 4.78 is 4.36. The Morgan fingerprint density at radius 1 is 1.13 bits per heavy atom. The molecule has 0 aliphatic carbocycles. The molecule has 1 saturated heterocycles. The Morgan fingerprint density at radius 2 is 1.73 bits per heavy atom. The van der Waals surface area contributed by atoms with Crippen LogP contribution in [0, 0.1) is 0 Å². The third kappa shape index (κ3) is 1.54. The number of hydrogen-bond donors (Lipinski definition) is 0. The van der Waals surface area contributed by atoms with Crippen molar-refractivity contribution in [2.45, 2.75) is 18.9 Å². The lowest BCUT2D eigenvalue weighted by Gasteiger charge is -2.26. The van der Waals surface area contributed by atoms with Crippen LogP contribution in [-0.2, 0) is 23.9 Å². The zero-order valence-electron chi connectivity index (χ0n) is 7.63. The molecule has 0 spiro atoms. The predicted octanol–water partition coefficient (Wildman–Crippen LogP) is -0.856. The second-order valence-electron chi connectivity index (χ2n) is 3.23. The second-order valence-corrected chi connectivity index (χ2v) is 3.23. The van der Waals surface area contributed by atoms with E-state index in [4.69, 9.17) is 0 Å². The summed E-state index contributed by atoms with van der Waals surface area (Å²) in [5.74, 6) is -2.55. The number of imide groups is 1. The van der Waals surface area contributed by atoms with E-state index in [0.717, 1.165) is 17.1 Å². The molecule has 2 aliphatic heterocycles. The molecular formula is C9H7NO5. The summed E-state index contributed by atoms with van der Waals surface area (Å²) in [6.45, 7) is 0. The molecule has 0 bridgehead atoms. The SMILES string of the molecule is O=C1CCC(N2C(=O)C=CC2=O)C(=O)O1. The fourth-order valence-corrected chi connectivity index (χ4v) is 1.56. The Labute approximate surface area is 84.5 Å². The van der Waals surface area contributed by atoms with E-state index < -0.39 is 29.8 Å². The van der Waals surface area contributed by atoms with Crippen LogP contribution in [0.25, 0.3) is 0 Å². The fraction of sp³-hybridized carbons (Fsp3) is 0.333. The second kappa shape index (κ2) is 3.30. The first-order valence-corrected chi connectivity index (χ1v) is 4.39. The number of esters is 2. The number of carbonyl (C=O) groups is 4. The molecule has 0 aromatic heterocycles. The van der Waals surface area contributed by atoms with Gasteiger partial charge in [-0.25, -0.2) is 4.79 Å². The van der Waals surface area contributed by atoms with Crippen LogP contribution < -0.4 is 0 Å². The summed E-state index contributed by atoms with van der Waals surface area (Å²) in [5, 5.41) is 0. The van der Waals surface area contributed by atoms with E-state index >= 15 is 0 Å². The number of cyclic esters (lactones) is 2. The molecule has 2 rings (SSSR count). The maximum atomic E-state index is 11.3. The van der Waals surface area contributed by atoms with Gasteiger partial charge in [0.1, 0.15) is 6.04 Å². The lowest BCUT2D eigenvalue weighted by Crippen LogP contribution is -2.48. The van der Waals surface area contributed by atoms with Gasteiger partial charge in [-0.05, 0) is 6.42 Å². The number of ether oxygens (including phenoxy) is 1. The van der Waals surface area contributed by atoms with E-state index in [0.29, 0.717) is 0 Å². The number of rotatable bonds is 1. The van der Waals surface area contributed by atoms with Crippen molar-refractivity contribution in [1.82, 2.24) is 4.90 Å². The van der Waals surface area contributed by atoms with Crippen molar-refractivity contribution in [3.63, 3.8) is 0 Å². The quantitative estimate of drug-likeness (QED) is 0.319. The van der Waals surface area contributed by atoms with Crippen LogP contribution in [0.2, 0.25) is 0 Å². The van der Waals surface area contributed by atoms with E-state index in [9.17, 15) is 19.2 Å². The Bertz CT molecular complexity index is 379. The van der Waals surface area contributed by atoms with Crippen molar-refractivity contribution in [2.75, 3.05) is 0 Å². The molecule has 2 amide bonds. The first-order chi connectivity index (χ1) is 7.09. The highest BCUT2D eigenvalue weighted by Crippen LogP contribution is 2.19. The average molecular weight is 209 g/mol. The van der Waals surface area contributed by atoms with Crippen LogP contribution in [0.4, 0.5) is 0 Å². The molecule has 1 atom stereocenters. The van der Waals surface area contributed by atoms with Crippen molar-refractivity contribution in [3.05, 3.63) is 12.2 Å². The van der Waals surface area contributed by atoms with Crippen LogP contribution in [0.15, 0.2) is 12.2 Å². The minimum atomic E-state index is -0.960. The van der Waals surface area contributed by atoms with Gasteiger partial charge >= 0.3 is 11.9 Å². The number of amides is 2. The molecule has 2 aliphatic rings. The van der Waals surface area contributed by atoms with Gasteiger partial charge in [-0.2, -0.15) is 0 Å². The molecule has 15 heavy (non-hydrogen) atoms. The molecule has 0 aromatic carbocycles. The summed E-state index contributed by atoms with van der Waals surface area (Å²) in [6.07, 6.45) is 2.35. The Balaban J connectivity index is 2.18. The van der Waals surface area contributed by atoms with Crippen LogP contribution in [0.1, 0.15) is 12.8 Å². The van der Waals surface area contributed by atoms with Gasteiger partial charge in [0.05, 0.1) is 0 Å². The molecule has 0 radical (unpaired) electrons. The zero-order chi connectivity index (χ0) is 11.0. The zero-order valence-corrected chi connectivity index (χ0v) is 7.63. The van der Waals surface area contributed by atoms with E-state index in [2.05, 4.69) is 4.74 Å². The highest BCUT2D eigenvalue weighted by atomic mass is 16.6. The molecule has 0 N–H and O–H groups in total. The Kier molecular flexibility index (Phi) is 2.11. The maximum absolute atomic E-state index is 11.3. The first-order valence-electron chi connectivity index (χ1n) is 4.39. The lowest BCUT2D eigenvalue weighted by atomic mass is 10.1. The number of nitrogens with zero attached hydrogens (tertiary/aromatic N) is 1. The molecule has 1 fully saturated rings. The van der Waals surface area contributed by atoms with Crippen molar-refractivity contribution in [1.29, 1.82) is 0 Å². The molecular weight excluding hydrogens is 202 g/mol. The number of carbonyl (C=O) groups excluding carboxylic acids is 4. The van der Waals surface area contributed by atoms with Crippen molar-refractivity contribution in [2.24, 2.45) is 0 Å². The van der Waals surface area contributed by atoms with Gasteiger partial charge in [0.15, 0.2) is 0 Å². The van der Waals surface area contributed by atoms with Crippen molar-refractivity contribution >= 4 is 23.8 Å². The van der Waals surface area contributed by atoms with Gasteiger partial charge in [0.25, 0.3) is 11.8 Å². The minimum absolute atomic E-state index is 0.0352. The van der Waals surface area contributed by atoms with Gasteiger partial charge in [-0.1, -0.05) is 0 Å². The number of hydrogen-bond acceptors (Lipinski definition) is 5. The minimum Gasteiger partial charge on any atom is -0.392 e. The van der Waals surface area contributed by atoms with E-state index in [1.54, 1.807) is 0 Å². The standard InChI is InChI=1S/C9H7NO5/c11-6-2-3-7(12)10(6)5-1-4-8(13)15-9(5)14/h2-3,5H,1,4H2. The van der Waals surface area contributed by atoms with Crippen LogP contribution in [-0.4, -0.2) is 34.7 Å². The van der Waals surface area contributed by atoms with E-state index in [1.807, 2.05) is 0 Å². The topological polar surface area (TPSA) is 80.8 Å². The molecule has 6 nitrogen and oxygen atoms in total. The van der Waals surface area contributed by atoms with Crippen molar-refractivity contribution < 1.29 is 23.9 Å². The van der Waals surface area contributed by atoms with E-state index in [-0.39, 0.29) is 12.8 Å². The monoisotopic (exact) mass is 209 g/mol. The largest absolute Gasteiger partial charge is 0.392 e. The normalized spacial score (nSPS) is 26.1. The van der Waals surface area contributed by atoms with Gasteiger partial charge in [-0.3, -0.25) is 19.3 Å². The highest BCUT2D eigenvalue weighted by molar-refractivity contribution is 6.15. The maximum Gasteiger partial charge on any atom is 0.337 e. The Morgan fingerprint density at radius 3 is 2.27 bits per heavy atom. The van der Waals surface area contributed by atoms with E-state index in [1.165, 1.54) is 0 Å². The van der Waals surface area contributed by atoms with Crippen LogP contribution in [0.3, 0.4) is 0 Å². The molecule has 2 heterocycles. The fourth-order valence-electron chi connectivity index (χ4n) is 1.56. The van der Waals surface area contributed by atoms with Gasteiger partial charge in [-0.15, -0.1) is 0 Å². The molecule has 6 heteroatoms. The molecule has 1 unspecified atom stereocenters. The third-order valence-corrected chi connectivity index (χ3v) is 2.26. The Hall–Kier alpha value is -1.98. The van der Waals surface area contributed by atoms with Gasteiger partial charge in [0.2, 0.25) is 0 Å².